The van der Waals surface area contributed by atoms with Crippen LogP contribution in [-0.2, 0) is 20.8 Å². The Balaban J connectivity index is 1.71. The highest BCUT2D eigenvalue weighted by Crippen LogP contribution is 2.27. The lowest BCUT2D eigenvalue weighted by atomic mass is 10.0. The van der Waals surface area contributed by atoms with Crippen molar-refractivity contribution in [1.82, 2.24) is 10.3 Å². The maximum atomic E-state index is 13.6. The number of aryl methyl sites for hydroxylation is 1. The predicted octanol–water partition coefficient (Wildman–Crippen LogP) is 4.83. The molecule has 0 aliphatic carbocycles. The van der Waals surface area contributed by atoms with Crippen molar-refractivity contribution in [2.45, 2.75) is 58.4 Å². The maximum Gasteiger partial charge on any atom is 0.246 e. The molecule has 1 aromatic heterocycles. The highest BCUT2D eigenvalue weighted by atomic mass is 19.1. The largest absolute Gasteiger partial charge is 0.497 e. The molecule has 0 bridgehead atoms. The van der Waals surface area contributed by atoms with Crippen LogP contribution in [0.1, 0.15) is 50.3 Å². The van der Waals surface area contributed by atoms with Crippen molar-refractivity contribution in [3.05, 3.63) is 59.5 Å². The maximum absolute atomic E-state index is 13.6. The topological polar surface area (TPSA) is 100 Å². The molecule has 3 aromatic rings. The van der Waals surface area contributed by atoms with Crippen LogP contribution in [0.4, 0.5) is 10.1 Å². The highest BCUT2D eigenvalue weighted by Gasteiger charge is 2.22. The summed E-state index contributed by atoms with van der Waals surface area (Å²) in [4.78, 5) is 40.4. The summed E-state index contributed by atoms with van der Waals surface area (Å²) >= 11 is 0. The lowest BCUT2D eigenvalue weighted by Gasteiger charge is -2.19. The summed E-state index contributed by atoms with van der Waals surface area (Å²) in [6.07, 6.45) is 3.16. The molecular weight excluding hydrogens is 449 g/mol. The molecule has 186 valence electrons. The molecule has 7 nitrogen and oxygen atoms in total. The summed E-state index contributed by atoms with van der Waals surface area (Å²) in [5.74, 6) is -0.342. The lowest BCUT2D eigenvalue weighted by molar-refractivity contribution is -0.126. The third kappa shape index (κ3) is 7.40. The van der Waals surface area contributed by atoms with E-state index in [0.717, 1.165) is 35.0 Å². The van der Waals surface area contributed by atoms with Crippen molar-refractivity contribution in [2.75, 3.05) is 12.4 Å². The van der Waals surface area contributed by atoms with Crippen LogP contribution in [0.25, 0.3) is 10.9 Å². The van der Waals surface area contributed by atoms with Gasteiger partial charge in [-0.05, 0) is 68.7 Å². The highest BCUT2D eigenvalue weighted by molar-refractivity contribution is 5.98. The number of fused-ring (bicyclic) bond motifs is 1. The molecule has 0 aliphatic heterocycles. The molecule has 3 rings (SSSR count). The second kappa shape index (κ2) is 12.1. The summed E-state index contributed by atoms with van der Waals surface area (Å²) in [5.41, 5.74) is 2.93. The third-order valence-electron chi connectivity index (χ3n) is 5.93. The fraction of sp³-hybridized carbons (Fsp3) is 0.370. The number of hydrogen-bond acceptors (Lipinski definition) is 4. The van der Waals surface area contributed by atoms with Gasteiger partial charge in [0.05, 0.1) is 13.5 Å². The van der Waals surface area contributed by atoms with Crippen molar-refractivity contribution in [2.24, 2.45) is 0 Å². The molecule has 1 heterocycles. The monoisotopic (exact) mass is 481 g/mol. The zero-order chi connectivity index (χ0) is 25.4. The minimum absolute atomic E-state index is 0.0904. The van der Waals surface area contributed by atoms with Gasteiger partial charge < -0.3 is 25.1 Å². The number of ether oxygens (including phenoxy) is 1. The summed E-state index contributed by atoms with van der Waals surface area (Å²) in [5, 5.41) is 6.44. The van der Waals surface area contributed by atoms with Crippen molar-refractivity contribution in [3.8, 4) is 5.75 Å². The molecular formula is C27H32FN3O4. The number of amides is 2. The Morgan fingerprint density at radius 1 is 1.09 bits per heavy atom. The van der Waals surface area contributed by atoms with Gasteiger partial charge in [-0.2, -0.15) is 0 Å². The second-order valence-corrected chi connectivity index (χ2v) is 8.74. The first kappa shape index (κ1) is 25.9. The number of halogens is 1. The van der Waals surface area contributed by atoms with Crippen LogP contribution >= 0.6 is 0 Å². The van der Waals surface area contributed by atoms with Crippen LogP contribution < -0.4 is 15.4 Å². The normalized spacial score (nSPS) is 11.8. The Kier molecular flexibility index (Phi) is 9.00. The van der Waals surface area contributed by atoms with Gasteiger partial charge >= 0.3 is 0 Å². The Morgan fingerprint density at radius 2 is 1.89 bits per heavy atom. The standard InChI is InChI=1S/C27H32FN3O4/c1-17(32)8-5-4-6-11-25(27(34)30-20-10-7-9-19(28)14-20)31-26(33)16-22-18(2)29-24-13-12-21(35-3)15-23(22)24/h7,9-10,12-15,25,29H,4-6,8,11,16H2,1-3H3,(H,30,34)(H,31,33). The molecule has 0 fully saturated rings. The SMILES string of the molecule is COc1ccc2[nH]c(C)c(CC(=O)NC(CCCCCC(C)=O)C(=O)Nc3cccc(F)c3)c2c1. The van der Waals surface area contributed by atoms with Gasteiger partial charge in [0.2, 0.25) is 11.8 Å². The predicted molar refractivity (Wildman–Crippen MR) is 134 cm³/mol. The quantitative estimate of drug-likeness (QED) is 0.323. The van der Waals surface area contributed by atoms with E-state index in [1.165, 1.54) is 18.2 Å². The second-order valence-electron chi connectivity index (χ2n) is 8.74. The minimum Gasteiger partial charge on any atom is -0.497 e. The van der Waals surface area contributed by atoms with Gasteiger partial charge in [-0.3, -0.25) is 9.59 Å². The number of unbranched alkanes of at least 4 members (excludes halogenated alkanes) is 2. The molecule has 35 heavy (non-hydrogen) atoms. The van der Waals surface area contributed by atoms with E-state index in [0.29, 0.717) is 30.7 Å². The van der Waals surface area contributed by atoms with Gasteiger partial charge in [0, 0.05) is 28.7 Å². The number of carbonyl (C=O) groups excluding carboxylic acids is 3. The fourth-order valence-electron chi connectivity index (χ4n) is 4.09. The summed E-state index contributed by atoms with van der Waals surface area (Å²) < 4.78 is 18.9. The molecule has 0 saturated carbocycles. The number of ketones is 1. The number of benzene rings is 2. The fourth-order valence-corrected chi connectivity index (χ4v) is 4.09. The zero-order valence-electron chi connectivity index (χ0n) is 20.4. The first-order valence-electron chi connectivity index (χ1n) is 11.8. The van der Waals surface area contributed by atoms with Gasteiger partial charge in [-0.1, -0.05) is 18.9 Å². The molecule has 2 amide bonds. The van der Waals surface area contributed by atoms with Crippen LogP contribution in [0.5, 0.6) is 5.75 Å². The number of rotatable bonds is 12. The number of nitrogens with one attached hydrogen (secondary N) is 3. The summed E-state index contributed by atoms with van der Waals surface area (Å²) in [6, 6.07) is 10.5. The average molecular weight is 482 g/mol. The number of aromatic nitrogens is 1. The molecule has 0 radical (unpaired) electrons. The third-order valence-corrected chi connectivity index (χ3v) is 5.93. The molecule has 1 atom stereocenters. The van der Waals surface area contributed by atoms with E-state index in [1.54, 1.807) is 20.1 Å². The molecule has 2 aromatic carbocycles. The number of carbonyl (C=O) groups is 3. The van der Waals surface area contributed by atoms with E-state index >= 15 is 0 Å². The van der Waals surface area contributed by atoms with E-state index in [4.69, 9.17) is 4.74 Å². The first-order valence-corrected chi connectivity index (χ1v) is 11.8. The smallest absolute Gasteiger partial charge is 0.246 e. The number of aromatic amines is 1. The average Bonchev–Trinajstić information content (AvgIpc) is 3.11. The van der Waals surface area contributed by atoms with E-state index in [-0.39, 0.29) is 18.1 Å². The van der Waals surface area contributed by atoms with Crippen molar-refractivity contribution < 1.29 is 23.5 Å². The Bertz CT molecular complexity index is 1200. The zero-order valence-corrected chi connectivity index (χ0v) is 20.4. The summed E-state index contributed by atoms with van der Waals surface area (Å²) in [7, 11) is 1.59. The van der Waals surface area contributed by atoms with Gasteiger partial charge in [-0.15, -0.1) is 0 Å². The molecule has 0 aliphatic rings. The number of anilines is 1. The number of methoxy groups -OCH3 is 1. The van der Waals surface area contributed by atoms with Crippen molar-refractivity contribution >= 4 is 34.2 Å². The molecule has 8 heteroatoms. The van der Waals surface area contributed by atoms with Gasteiger partial charge in [0.1, 0.15) is 23.4 Å². The number of hydrogen-bond donors (Lipinski definition) is 3. The van der Waals surface area contributed by atoms with E-state index in [2.05, 4.69) is 15.6 Å². The Labute approximate surface area is 204 Å². The van der Waals surface area contributed by atoms with Crippen molar-refractivity contribution in [1.29, 1.82) is 0 Å². The molecule has 0 saturated heterocycles. The van der Waals surface area contributed by atoms with E-state index in [1.807, 2.05) is 25.1 Å². The van der Waals surface area contributed by atoms with Gasteiger partial charge in [0.25, 0.3) is 0 Å². The van der Waals surface area contributed by atoms with Crippen LogP contribution in [0.2, 0.25) is 0 Å². The number of H-pyrrole nitrogens is 1. The summed E-state index contributed by atoms with van der Waals surface area (Å²) in [6.45, 7) is 3.45. The van der Waals surface area contributed by atoms with Crippen LogP contribution in [0.3, 0.4) is 0 Å². The van der Waals surface area contributed by atoms with Crippen molar-refractivity contribution in [3.63, 3.8) is 0 Å². The molecule has 0 spiro atoms. The Morgan fingerprint density at radius 3 is 2.60 bits per heavy atom. The first-order chi connectivity index (χ1) is 16.8. The molecule has 3 N–H and O–H groups in total. The lowest BCUT2D eigenvalue weighted by Crippen LogP contribution is -2.44. The van der Waals surface area contributed by atoms with E-state index in [9.17, 15) is 18.8 Å². The van der Waals surface area contributed by atoms with Crippen LogP contribution in [-0.4, -0.2) is 35.7 Å². The molecule has 1 unspecified atom stereocenters. The van der Waals surface area contributed by atoms with Crippen LogP contribution in [0.15, 0.2) is 42.5 Å². The minimum atomic E-state index is -0.789. The van der Waals surface area contributed by atoms with Crippen LogP contribution in [0, 0.1) is 12.7 Å². The van der Waals surface area contributed by atoms with Gasteiger partial charge in [-0.25, -0.2) is 4.39 Å². The van der Waals surface area contributed by atoms with E-state index < -0.39 is 17.8 Å². The Hall–Kier alpha value is -3.68. The van der Waals surface area contributed by atoms with Gasteiger partial charge in [0.15, 0.2) is 0 Å². The number of Topliss-reactive ketones (excluding diaryl/α,β-unsaturated/α-hetero) is 1.